The van der Waals surface area contributed by atoms with Crippen LogP contribution in [0.25, 0.3) is 0 Å². The first-order valence-corrected chi connectivity index (χ1v) is 13.0. The van der Waals surface area contributed by atoms with Crippen molar-refractivity contribution in [1.82, 2.24) is 19.8 Å². The fraction of sp³-hybridized carbons (Fsp3) is 0.682. The monoisotopic (exact) mass is 449 g/mol. The second kappa shape index (κ2) is 10.3. The van der Waals surface area contributed by atoms with Crippen LogP contribution in [0.15, 0.2) is 35.3 Å². The van der Waals surface area contributed by atoms with Crippen LogP contribution < -0.4 is 10.0 Å². The summed E-state index contributed by atoms with van der Waals surface area (Å²) in [6.07, 6.45) is 3.63. The van der Waals surface area contributed by atoms with Gasteiger partial charge in [-0.2, -0.15) is 0 Å². The number of guanidine groups is 1. The maximum absolute atomic E-state index is 12.3. The largest absolute Gasteiger partial charge is 0.373 e. The van der Waals surface area contributed by atoms with Gasteiger partial charge in [0.25, 0.3) is 0 Å². The fourth-order valence-corrected chi connectivity index (χ4v) is 5.59. The number of nitrogens with zero attached hydrogens (tertiary/aromatic N) is 3. The number of fused-ring (bicyclic) bond motifs is 1. The van der Waals surface area contributed by atoms with E-state index in [0.29, 0.717) is 25.0 Å². The normalized spacial score (nSPS) is 25.3. The van der Waals surface area contributed by atoms with E-state index in [1.54, 1.807) is 7.05 Å². The van der Waals surface area contributed by atoms with E-state index >= 15 is 0 Å². The Hall–Kier alpha value is -1.68. The number of likely N-dealkylation sites (tertiary alicyclic amines) is 1. The molecule has 31 heavy (non-hydrogen) atoms. The molecule has 0 aromatic heterocycles. The van der Waals surface area contributed by atoms with E-state index in [-0.39, 0.29) is 11.9 Å². The first-order chi connectivity index (χ1) is 15.0. The van der Waals surface area contributed by atoms with Gasteiger partial charge < -0.3 is 15.0 Å². The lowest BCUT2D eigenvalue weighted by atomic mass is 9.86. The first-order valence-electron chi connectivity index (χ1n) is 11.4. The zero-order valence-corrected chi connectivity index (χ0v) is 19.2. The molecular formula is C22H35N5O3S. The standard InChI is InChI=1S/C22H35N5O3S/c1-23-22(24-10-13-31(28,29)25-14-18-8-5-9-18)27-16-20-21(17-27)30-12-11-26(20)15-19-6-3-2-4-7-19/h2-4,6-7,18,20-21,25H,5,8-17H2,1H3,(H,23,24). The molecular weight excluding hydrogens is 414 g/mol. The Kier molecular flexibility index (Phi) is 7.47. The van der Waals surface area contributed by atoms with Crippen molar-refractivity contribution in [3.8, 4) is 0 Å². The molecule has 9 heteroatoms. The molecule has 1 saturated carbocycles. The number of ether oxygens (including phenoxy) is 1. The maximum atomic E-state index is 12.3. The van der Waals surface area contributed by atoms with Crippen LogP contribution in [0.4, 0.5) is 0 Å². The second-order valence-electron chi connectivity index (χ2n) is 8.78. The Morgan fingerprint density at radius 1 is 1.23 bits per heavy atom. The Morgan fingerprint density at radius 2 is 2.03 bits per heavy atom. The highest BCUT2D eigenvalue weighted by Gasteiger charge is 2.41. The van der Waals surface area contributed by atoms with E-state index in [0.717, 1.165) is 51.6 Å². The van der Waals surface area contributed by atoms with Crippen LogP contribution in [0.2, 0.25) is 0 Å². The average Bonchev–Trinajstić information content (AvgIpc) is 3.16. The molecule has 2 atom stereocenters. The highest BCUT2D eigenvalue weighted by Crippen LogP contribution is 2.26. The lowest BCUT2D eigenvalue weighted by Crippen LogP contribution is -2.50. The van der Waals surface area contributed by atoms with Crippen LogP contribution >= 0.6 is 0 Å². The molecule has 4 rings (SSSR count). The molecule has 2 N–H and O–H groups in total. The van der Waals surface area contributed by atoms with Gasteiger partial charge in [-0.15, -0.1) is 0 Å². The van der Waals surface area contributed by atoms with Gasteiger partial charge in [0.15, 0.2) is 5.96 Å². The van der Waals surface area contributed by atoms with Crippen LogP contribution in [-0.4, -0.2) is 88.5 Å². The number of aliphatic imine (C=N–C) groups is 1. The molecule has 3 aliphatic rings. The van der Waals surface area contributed by atoms with Crippen molar-refractivity contribution < 1.29 is 13.2 Å². The first kappa shape index (κ1) is 22.5. The molecule has 8 nitrogen and oxygen atoms in total. The molecule has 1 aliphatic carbocycles. The van der Waals surface area contributed by atoms with Crippen molar-refractivity contribution in [2.75, 3.05) is 52.1 Å². The summed E-state index contributed by atoms with van der Waals surface area (Å²) >= 11 is 0. The lowest BCUT2D eigenvalue weighted by molar-refractivity contribution is -0.0502. The van der Waals surface area contributed by atoms with Gasteiger partial charge in [-0.25, -0.2) is 13.1 Å². The van der Waals surface area contributed by atoms with Crippen LogP contribution in [0.1, 0.15) is 24.8 Å². The third-order valence-corrected chi connectivity index (χ3v) is 7.97. The van der Waals surface area contributed by atoms with Crippen molar-refractivity contribution in [3.05, 3.63) is 35.9 Å². The summed E-state index contributed by atoms with van der Waals surface area (Å²) in [7, 11) is -1.52. The third kappa shape index (κ3) is 5.97. The number of sulfonamides is 1. The highest BCUT2D eigenvalue weighted by molar-refractivity contribution is 7.89. The predicted molar refractivity (Wildman–Crippen MR) is 122 cm³/mol. The number of hydrogen-bond donors (Lipinski definition) is 2. The summed E-state index contributed by atoms with van der Waals surface area (Å²) in [5.41, 5.74) is 1.31. The Bertz CT molecular complexity index is 844. The molecule has 0 amide bonds. The number of hydrogen-bond acceptors (Lipinski definition) is 5. The van der Waals surface area contributed by atoms with Gasteiger partial charge in [-0.1, -0.05) is 36.8 Å². The van der Waals surface area contributed by atoms with Crippen LogP contribution in [0.3, 0.4) is 0 Å². The molecule has 2 saturated heterocycles. The summed E-state index contributed by atoms with van der Waals surface area (Å²) in [6.45, 7) is 5.07. The van der Waals surface area contributed by atoms with Crippen LogP contribution in [-0.2, 0) is 21.3 Å². The van der Waals surface area contributed by atoms with E-state index in [9.17, 15) is 8.42 Å². The molecule has 172 valence electrons. The van der Waals surface area contributed by atoms with Gasteiger partial charge in [0.2, 0.25) is 10.0 Å². The van der Waals surface area contributed by atoms with Crippen molar-refractivity contribution in [2.24, 2.45) is 10.9 Å². The van der Waals surface area contributed by atoms with Gasteiger partial charge in [-0.3, -0.25) is 9.89 Å². The quantitative estimate of drug-likeness (QED) is 0.452. The number of rotatable bonds is 8. The molecule has 0 bridgehead atoms. The Balaban J connectivity index is 1.27. The fourth-order valence-electron chi connectivity index (χ4n) is 4.59. The number of morpholine rings is 1. The molecule has 1 aromatic carbocycles. The van der Waals surface area contributed by atoms with Crippen LogP contribution in [0, 0.1) is 5.92 Å². The summed E-state index contributed by atoms with van der Waals surface area (Å²) in [5.74, 6) is 1.31. The van der Waals surface area contributed by atoms with E-state index in [2.05, 4.69) is 49.1 Å². The molecule has 0 spiro atoms. The zero-order valence-electron chi connectivity index (χ0n) is 18.4. The minimum atomic E-state index is -3.26. The summed E-state index contributed by atoms with van der Waals surface area (Å²) in [6, 6.07) is 10.8. The minimum absolute atomic E-state index is 0.0517. The van der Waals surface area contributed by atoms with Crippen molar-refractivity contribution in [2.45, 2.75) is 38.0 Å². The van der Waals surface area contributed by atoms with E-state index < -0.39 is 10.0 Å². The van der Waals surface area contributed by atoms with Gasteiger partial charge in [0, 0.05) is 46.3 Å². The van der Waals surface area contributed by atoms with Crippen LogP contribution in [0.5, 0.6) is 0 Å². The van der Waals surface area contributed by atoms with Crippen molar-refractivity contribution >= 4 is 16.0 Å². The molecule has 3 fully saturated rings. The summed E-state index contributed by atoms with van der Waals surface area (Å²) < 4.78 is 33.3. The SMILES string of the molecule is CN=C(NCCS(=O)(=O)NCC1CCC1)N1CC2OCCN(Cc3ccccc3)C2C1. The molecule has 0 radical (unpaired) electrons. The van der Waals surface area contributed by atoms with Gasteiger partial charge in [-0.05, 0) is 24.3 Å². The van der Waals surface area contributed by atoms with E-state index in [1.165, 1.54) is 12.0 Å². The van der Waals surface area contributed by atoms with E-state index in [4.69, 9.17) is 4.74 Å². The minimum Gasteiger partial charge on any atom is -0.373 e. The molecule has 1 aromatic rings. The van der Waals surface area contributed by atoms with Crippen molar-refractivity contribution in [3.63, 3.8) is 0 Å². The molecule has 2 aliphatic heterocycles. The Morgan fingerprint density at radius 3 is 2.74 bits per heavy atom. The second-order valence-corrected chi connectivity index (χ2v) is 10.7. The smallest absolute Gasteiger partial charge is 0.213 e. The maximum Gasteiger partial charge on any atom is 0.213 e. The van der Waals surface area contributed by atoms with Crippen molar-refractivity contribution in [1.29, 1.82) is 0 Å². The predicted octanol–water partition coefficient (Wildman–Crippen LogP) is 0.867. The van der Waals surface area contributed by atoms with Gasteiger partial charge in [0.1, 0.15) is 0 Å². The summed E-state index contributed by atoms with van der Waals surface area (Å²) in [5, 5.41) is 3.24. The average molecular weight is 450 g/mol. The number of nitrogens with one attached hydrogen (secondary N) is 2. The molecule has 2 unspecified atom stereocenters. The van der Waals surface area contributed by atoms with Gasteiger partial charge >= 0.3 is 0 Å². The molecule has 2 heterocycles. The third-order valence-electron chi connectivity index (χ3n) is 6.63. The lowest BCUT2D eigenvalue weighted by Gasteiger charge is -2.36. The summed E-state index contributed by atoms with van der Waals surface area (Å²) in [4.78, 5) is 9.07. The van der Waals surface area contributed by atoms with E-state index in [1.807, 2.05) is 6.07 Å². The Labute approximate surface area is 186 Å². The number of benzene rings is 1. The van der Waals surface area contributed by atoms with Gasteiger partial charge in [0.05, 0.1) is 24.5 Å². The highest BCUT2D eigenvalue weighted by atomic mass is 32.2. The zero-order chi connectivity index (χ0) is 21.7. The topological polar surface area (TPSA) is 86.3 Å².